The van der Waals surface area contributed by atoms with Crippen molar-refractivity contribution in [1.29, 1.82) is 0 Å². The molecule has 0 aliphatic rings. The van der Waals surface area contributed by atoms with Gasteiger partial charge >= 0.3 is 0 Å². The molecule has 0 aliphatic carbocycles. The van der Waals surface area contributed by atoms with E-state index in [2.05, 4.69) is 23.2 Å². The van der Waals surface area contributed by atoms with Crippen molar-refractivity contribution in [3.05, 3.63) is 23.8 Å². The molecule has 0 spiro atoms. The van der Waals surface area contributed by atoms with Crippen molar-refractivity contribution in [3.63, 3.8) is 0 Å². The van der Waals surface area contributed by atoms with E-state index in [-0.39, 0.29) is 5.60 Å². The number of nitrogens with one attached hydrogen (secondary N) is 1. The smallest absolute Gasteiger partial charge is 0.241 e. The van der Waals surface area contributed by atoms with Gasteiger partial charge in [0, 0.05) is 0 Å². The largest absolute Gasteiger partial charge is 0.470 e. The van der Waals surface area contributed by atoms with Gasteiger partial charge in [0.25, 0.3) is 0 Å². The van der Waals surface area contributed by atoms with Crippen molar-refractivity contribution in [1.82, 2.24) is 10.2 Å². The summed E-state index contributed by atoms with van der Waals surface area (Å²) in [7, 11) is 0. The molecule has 3 heteroatoms. The molecule has 80 valence electrons. The highest BCUT2D eigenvalue weighted by molar-refractivity contribution is 5.86. The number of H-pyrrole nitrogens is 1. The van der Waals surface area contributed by atoms with Gasteiger partial charge in [-0.3, -0.25) is 5.10 Å². The fourth-order valence-corrected chi connectivity index (χ4v) is 1.53. The number of benzene rings is 1. The molecule has 0 saturated carbocycles. The maximum absolute atomic E-state index is 5.77. The molecule has 1 aromatic carbocycles. The Morgan fingerprint density at radius 2 is 2.00 bits per heavy atom. The van der Waals surface area contributed by atoms with E-state index >= 15 is 0 Å². The second kappa shape index (κ2) is 3.26. The van der Waals surface area contributed by atoms with Gasteiger partial charge in [-0.05, 0) is 39.3 Å². The van der Waals surface area contributed by atoms with Crippen LogP contribution in [0, 0.1) is 6.92 Å². The highest BCUT2D eigenvalue weighted by Gasteiger charge is 2.16. The highest BCUT2D eigenvalue weighted by Crippen LogP contribution is 2.27. The lowest BCUT2D eigenvalue weighted by Gasteiger charge is -2.19. The van der Waals surface area contributed by atoms with Gasteiger partial charge in [-0.25, -0.2) is 0 Å². The number of para-hydroxylation sites is 1. The van der Waals surface area contributed by atoms with Crippen molar-refractivity contribution in [2.45, 2.75) is 33.3 Å². The normalized spacial score (nSPS) is 12.0. The summed E-state index contributed by atoms with van der Waals surface area (Å²) >= 11 is 0. The molecule has 2 aromatic rings. The summed E-state index contributed by atoms with van der Waals surface area (Å²) in [5.74, 6) is 0.682. The third kappa shape index (κ3) is 1.96. The van der Waals surface area contributed by atoms with Gasteiger partial charge in [0.15, 0.2) is 0 Å². The number of hydrogen-bond donors (Lipinski definition) is 1. The summed E-state index contributed by atoms with van der Waals surface area (Å²) in [4.78, 5) is 0. The summed E-state index contributed by atoms with van der Waals surface area (Å²) in [6.45, 7) is 8.11. The van der Waals surface area contributed by atoms with Crippen LogP contribution < -0.4 is 4.74 Å². The molecule has 0 saturated heterocycles. The number of nitrogens with zero attached hydrogens (tertiary/aromatic N) is 1. The Morgan fingerprint density at radius 1 is 1.27 bits per heavy atom. The zero-order valence-corrected chi connectivity index (χ0v) is 9.59. The third-order valence-corrected chi connectivity index (χ3v) is 2.18. The number of hydrogen-bond acceptors (Lipinski definition) is 2. The number of aryl methyl sites for hydroxylation is 1. The van der Waals surface area contributed by atoms with Crippen LogP contribution in [0.1, 0.15) is 26.3 Å². The van der Waals surface area contributed by atoms with Crippen molar-refractivity contribution < 1.29 is 4.74 Å². The predicted molar refractivity (Wildman–Crippen MR) is 61.2 cm³/mol. The Morgan fingerprint density at radius 3 is 2.67 bits per heavy atom. The lowest BCUT2D eigenvalue weighted by atomic mass is 10.1. The van der Waals surface area contributed by atoms with Crippen LogP contribution >= 0.6 is 0 Å². The van der Waals surface area contributed by atoms with Crippen LogP contribution in [-0.4, -0.2) is 15.8 Å². The molecule has 0 aliphatic heterocycles. The minimum Gasteiger partial charge on any atom is -0.470 e. The van der Waals surface area contributed by atoms with Crippen LogP contribution in [0.4, 0.5) is 0 Å². The Bertz CT molecular complexity index is 480. The van der Waals surface area contributed by atoms with E-state index in [1.807, 2.05) is 32.9 Å². The summed E-state index contributed by atoms with van der Waals surface area (Å²) in [5.41, 5.74) is 2.02. The Hall–Kier alpha value is -1.51. The van der Waals surface area contributed by atoms with E-state index in [0.717, 1.165) is 10.9 Å². The summed E-state index contributed by atoms with van der Waals surface area (Å²) in [5, 5.41) is 8.24. The lowest BCUT2D eigenvalue weighted by Crippen LogP contribution is -2.23. The molecule has 0 bridgehead atoms. The third-order valence-electron chi connectivity index (χ3n) is 2.18. The minimum atomic E-state index is -0.216. The van der Waals surface area contributed by atoms with Crippen molar-refractivity contribution >= 4 is 10.9 Å². The summed E-state index contributed by atoms with van der Waals surface area (Å²) in [6, 6.07) is 6.09. The molecular formula is C12H16N2O. The van der Waals surface area contributed by atoms with Gasteiger partial charge in [-0.2, -0.15) is 0 Å². The van der Waals surface area contributed by atoms with Gasteiger partial charge in [0.1, 0.15) is 5.60 Å². The number of aromatic amines is 1. The minimum absolute atomic E-state index is 0.216. The maximum Gasteiger partial charge on any atom is 0.241 e. The monoisotopic (exact) mass is 204 g/mol. The zero-order chi connectivity index (χ0) is 11.1. The molecule has 0 unspecified atom stereocenters. The van der Waals surface area contributed by atoms with Crippen molar-refractivity contribution in [2.75, 3.05) is 0 Å². The topological polar surface area (TPSA) is 37.9 Å². The van der Waals surface area contributed by atoms with Gasteiger partial charge in [-0.15, -0.1) is 5.10 Å². The second-order valence-electron chi connectivity index (χ2n) is 4.74. The average molecular weight is 204 g/mol. The Kier molecular flexibility index (Phi) is 2.18. The quantitative estimate of drug-likeness (QED) is 0.775. The first-order chi connectivity index (χ1) is 6.97. The van der Waals surface area contributed by atoms with E-state index in [4.69, 9.17) is 4.74 Å². The van der Waals surface area contributed by atoms with Crippen LogP contribution in [-0.2, 0) is 0 Å². The van der Waals surface area contributed by atoms with E-state index in [1.54, 1.807) is 0 Å². The molecule has 15 heavy (non-hydrogen) atoms. The number of rotatable bonds is 1. The van der Waals surface area contributed by atoms with E-state index < -0.39 is 0 Å². The Labute approximate surface area is 89.4 Å². The van der Waals surface area contributed by atoms with E-state index in [9.17, 15) is 0 Å². The van der Waals surface area contributed by atoms with Crippen molar-refractivity contribution in [2.24, 2.45) is 0 Å². The van der Waals surface area contributed by atoms with Crippen LogP contribution in [0.2, 0.25) is 0 Å². The van der Waals surface area contributed by atoms with E-state index in [1.165, 1.54) is 5.56 Å². The van der Waals surface area contributed by atoms with Gasteiger partial charge in [-0.1, -0.05) is 12.1 Å². The summed E-state index contributed by atoms with van der Waals surface area (Å²) in [6.07, 6.45) is 0. The summed E-state index contributed by atoms with van der Waals surface area (Å²) < 4.78 is 5.77. The van der Waals surface area contributed by atoms with Crippen LogP contribution in [0.25, 0.3) is 10.9 Å². The zero-order valence-electron chi connectivity index (χ0n) is 9.59. The molecule has 0 amide bonds. The van der Waals surface area contributed by atoms with Crippen LogP contribution in [0.15, 0.2) is 18.2 Å². The molecule has 1 N–H and O–H groups in total. The molecule has 3 nitrogen and oxygen atoms in total. The van der Waals surface area contributed by atoms with Crippen molar-refractivity contribution in [3.8, 4) is 5.88 Å². The van der Waals surface area contributed by atoms with Crippen LogP contribution in [0.5, 0.6) is 5.88 Å². The van der Waals surface area contributed by atoms with Gasteiger partial charge in [0.2, 0.25) is 5.88 Å². The lowest BCUT2D eigenvalue weighted by molar-refractivity contribution is 0.126. The predicted octanol–water partition coefficient (Wildman–Crippen LogP) is 3.05. The Balaban J connectivity index is 2.50. The average Bonchev–Trinajstić information content (AvgIpc) is 2.48. The number of fused-ring (bicyclic) bond motifs is 1. The number of aromatic nitrogens is 2. The van der Waals surface area contributed by atoms with Crippen LogP contribution in [0.3, 0.4) is 0 Å². The standard InChI is InChI=1S/C12H16N2O/c1-8-6-5-7-9-10(8)13-14-11(9)15-12(2,3)4/h5-7H,1-4H3,(H,13,14). The first-order valence-electron chi connectivity index (χ1n) is 5.10. The first-order valence-corrected chi connectivity index (χ1v) is 5.10. The van der Waals surface area contributed by atoms with Gasteiger partial charge < -0.3 is 4.74 Å². The molecule has 0 radical (unpaired) electrons. The maximum atomic E-state index is 5.77. The molecule has 1 heterocycles. The van der Waals surface area contributed by atoms with Gasteiger partial charge in [0.05, 0.1) is 10.9 Å². The molecule has 1 aromatic heterocycles. The second-order valence-corrected chi connectivity index (χ2v) is 4.74. The molecule has 0 atom stereocenters. The molecular weight excluding hydrogens is 188 g/mol. The fraction of sp³-hybridized carbons (Fsp3) is 0.417. The highest BCUT2D eigenvalue weighted by atomic mass is 16.5. The molecule has 0 fully saturated rings. The fourth-order valence-electron chi connectivity index (χ4n) is 1.53. The number of ether oxygens (including phenoxy) is 1. The van der Waals surface area contributed by atoms with E-state index in [0.29, 0.717) is 5.88 Å². The first kappa shape index (κ1) is 10.0. The SMILES string of the molecule is Cc1cccc2c(OC(C)(C)C)n[nH]c12. The molecule has 2 rings (SSSR count).